The zero-order chi connectivity index (χ0) is 17.5. The third-order valence-electron chi connectivity index (χ3n) is 3.59. The fourth-order valence-corrected chi connectivity index (χ4v) is 2.49. The lowest BCUT2D eigenvalue weighted by Crippen LogP contribution is -1.98. The minimum atomic E-state index is -0.122. The van der Waals surface area contributed by atoms with Crippen molar-refractivity contribution in [1.29, 1.82) is 0 Å². The van der Waals surface area contributed by atoms with Gasteiger partial charge in [0.1, 0.15) is 0 Å². The number of hydrogen-bond donors (Lipinski definition) is 0. The van der Waals surface area contributed by atoms with Crippen LogP contribution >= 0.6 is 11.6 Å². The molecule has 0 saturated heterocycles. The maximum atomic E-state index is 12.6. The molecule has 3 aromatic carbocycles. The van der Waals surface area contributed by atoms with E-state index >= 15 is 0 Å². The predicted octanol–water partition coefficient (Wildman–Crippen LogP) is 5.64. The fraction of sp³-hybridized carbons (Fsp3) is 0. The van der Waals surface area contributed by atoms with Crippen molar-refractivity contribution in [2.75, 3.05) is 0 Å². The first-order valence-corrected chi connectivity index (χ1v) is 8.24. The Morgan fingerprint density at radius 1 is 0.840 bits per heavy atom. The average Bonchev–Trinajstić information content (AvgIpc) is 2.66. The van der Waals surface area contributed by atoms with Crippen LogP contribution in [0.2, 0.25) is 5.02 Å². The first kappa shape index (κ1) is 16.8. The second-order valence-electron chi connectivity index (χ2n) is 5.41. The maximum absolute atomic E-state index is 12.6. The summed E-state index contributed by atoms with van der Waals surface area (Å²) in [6.07, 6.45) is 3.34. The highest BCUT2D eigenvalue weighted by Crippen LogP contribution is 2.17. The van der Waals surface area contributed by atoms with Crippen LogP contribution in [-0.4, -0.2) is 5.78 Å². The third kappa shape index (κ3) is 4.70. The molecule has 0 aliphatic heterocycles. The Balaban J connectivity index is 1.90. The Hall–Kier alpha value is -3.08. The molecule has 0 bridgehead atoms. The number of ketones is 1. The Kier molecular flexibility index (Phi) is 5.46. The van der Waals surface area contributed by atoms with Crippen molar-refractivity contribution < 1.29 is 4.79 Å². The van der Waals surface area contributed by atoms with Gasteiger partial charge in [-0.25, -0.2) is 0 Å². The van der Waals surface area contributed by atoms with Gasteiger partial charge in [0, 0.05) is 21.7 Å². The van der Waals surface area contributed by atoms with Gasteiger partial charge in [-0.1, -0.05) is 78.0 Å². The van der Waals surface area contributed by atoms with Crippen molar-refractivity contribution in [3.8, 4) is 11.8 Å². The quantitative estimate of drug-likeness (QED) is 0.342. The summed E-state index contributed by atoms with van der Waals surface area (Å²) in [6.45, 7) is 0. The Morgan fingerprint density at radius 2 is 1.52 bits per heavy atom. The summed E-state index contributed by atoms with van der Waals surface area (Å²) >= 11 is 6.07. The first-order chi connectivity index (χ1) is 12.2. The van der Waals surface area contributed by atoms with E-state index in [9.17, 15) is 4.79 Å². The van der Waals surface area contributed by atoms with Crippen molar-refractivity contribution in [3.05, 3.63) is 112 Å². The molecule has 3 rings (SSSR count). The SMILES string of the molecule is O=C(/C=C/c1ccccc1)c1cc(Cl)ccc1C#Cc1ccccc1. The molecule has 0 heterocycles. The lowest BCUT2D eigenvalue weighted by Gasteiger charge is -2.02. The first-order valence-electron chi connectivity index (χ1n) is 7.86. The molecule has 0 aromatic heterocycles. The Labute approximate surface area is 152 Å². The molecule has 0 fully saturated rings. The molecular weight excluding hydrogens is 328 g/mol. The molecule has 0 aliphatic rings. The zero-order valence-electron chi connectivity index (χ0n) is 13.4. The van der Waals surface area contributed by atoms with E-state index < -0.39 is 0 Å². The van der Waals surface area contributed by atoms with Crippen molar-refractivity contribution in [3.63, 3.8) is 0 Å². The van der Waals surface area contributed by atoms with Gasteiger partial charge in [-0.2, -0.15) is 0 Å². The van der Waals surface area contributed by atoms with Gasteiger partial charge in [0.15, 0.2) is 5.78 Å². The number of halogens is 1. The van der Waals surface area contributed by atoms with E-state index in [1.165, 1.54) is 0 Å². The molecule has 1 nitrogen and oxygen atoms in total. The summed E-state index contributed by atoms with van der Waals surface area (Å²) in [5, 5.41) is 0.515. The molecule has 0 saturated carbocycles. The number of benzene rings is 3. The van der Waals surface area contributed by atoms with E-state index in [4.69, 9.17) is 11.6 Å². The van der Waals surface area contributed by atoms with Gasteiger partial charge in [-0.05, 0) is 42.0 Å². The van der Waals surface area contributed by atoms with E-state index in [2.05, 4.69) is 11.8 Å². The number of carbonyl (C=O) groups excluding carboxylic acids is 1. The molecule has 0 radical (unpaired) electrons. The molecule has 0 unspecified atom stereocenters. The van der Waals surface area contributed by atoms with E-state index in [0.29, 0.717) is 16.1 Å². The summed E-state index contributed by atoms with van der Waals surface area (Å²) in [4.78, 5) is 12.6. The third-order valence-corrected chi connectivity index (χ3v) is 3.82. The summed E-state index contributed by atoms with van der Waals surface area (Å²) < 4.78 is 0. The van der Waals surface area contributed by atoms with Crippen molar-refractivity contribution >= 4 is 23.5 Å². The highest BCUT2D eigenvalue weighted by atomic mass is 35.5. The summed E-state index contributed by atoms with van der Waals surface area (Å²) in [6, 6.07) is 24.5. The van der Waals surface area contributed by atoms with Crippen LogP contribution in [0.5, 0.6) is 0 Å². The highest BCUT2D eigenvalue weighted by Gasteiger charge is 2.08. The minimum Gasteiger partial charge on any atom is -0.289 e. The van der Waals surface area contributed by atoms with E-state index in [1.807, 2.05) is 60.7 Å². The molecule has 0 amide bonds. The summed E-state index contributed by atoms with van der Waals surface area (Å²) in [5.74, 6) is 6.03. The molecule has 3 aromatic rings. The highest BCUT2D eigenvalue weighted by molar-refractivity contribution is 6.31. The van der Waals surface area contributed by atoms with Crippen molar-refractivity contribution in [2.24, 2.45) is 0 Å². The van der Waals surface area contributed by atoms with Gasteiger partial charge < -0.3 is 0 Å². The van der Waals surface area contributed by atoms with Crippen LogP contribution < -0.4 is 0 Å². The Bertz CT molecular complexity index is 961. The zero-order valence-corrected chi connectivity index (χ0v) is 14.2. The van der Waals surface area contributed by atoms with Gasteiger partial charge >= 0.3 is 0 Å². The minimum absolute atomic E-state index is 0.122. The molecule has 120 valence electrons. The molecule has 25 heavy (non-hydrogen) atoms. The largest absolute Gasteiger partial charge is 0.289 e. The second-order valence-corrected chi connectivity index (χ2v) is 5.85. The van der Waals surface area contributed by atoms with Crippen LogP contribution in [-0.2, 0) is 0 Å². The number of hydrogen-bond acceptors (Lipinski definition) is 1. The number of rotatable bonds is 3. The number of carbonyl (C=O) groups is 1. The number of allylic oxidation sites excluding steroid dienone is 1. The summed E-state index contributed by atoms with van der Waals surface area (Å²) in [7, 11) is 0. The van der Waals surface area contributed by atoms with Crippen LogP contribution in [0, 0.1) is 11.8 Å². The fourth-order valence-electron chi connectivity index (χ4n) is 2.32. The van der Waals surface area contributed by atoms with Crippen molar-refractivity contribution in [2.45, 2.75) is 0 Å². The molecule has 0 atom stereocenters. The smallest absolute Gasteiger partial charge is 0.187 e. The average molecular weight is 343 g/mol. The van der Waals surface area contributed by atoms with Gasteiger partial charge in [-0.3, -0.25) is 4.79 Å². The lowest BCUT2D eigenvalue weighted by atomic mass is 10.0. The standard InChI is InChI=1S/C23H15ClO/c24-21-15-14-20(13-11-18-7-3-1-4-8-18)22(17-21)23(25)16-12-19-9-5-2-6-10-19/h1-10,12,14-17H/b16-12+. The van der Waals surface area contributed by atoms with Gasteiger partial charge in [-0.15, -0.1) is 0 Å². The molecule has 0 aliphatic carbocycles. The second kappa shape index (κ2) is 8.15. The van der Waals surface area contributed by atoms with Gasteiger partial charge in [0.2, 0.25) is 0 Å². The molecule has 0 spiro atoms. The Morgan fingerprint density at radius 3 is 2.24 bits per heavy atom. The van der Waals surface area contributed by atoms with Crippen LogP contribution in [0.4, 0.5) is 0 Å². The lowest BCUT2D eigenvalue weighted by molar-refractivity contribution is 0.104. The van der Waals surface area contributed by atoms with Crippen LogP contribution in [0.25, 0.3) is 6.08 Å². The van der Waals surface area contributed by atoms with Gasteiger partial charge in [0.25, 0.3) is 0 Å². The summed E-state index contributed by atoms with van der Waals surface area (Å²) in [5.41, 5.74) is 3.03. The van der Waals surface area contributed by atoms with E-state index in [1.54, 1.807) is 30.4 Å². The molecular formula is C23H15ClO. The molecule has 2 heteroatoms. The van der Waals surface area contributed by atoms with E-state index in [0.717, 1.165) is 11.1 Å². The van der Waals surface area contributed by atoms with Gasteiger partial charge in [0.05, 0.1) is 0 Å². The molecule has 0 N–H and O–H groups in total. The monoisotopic (exact) mass is 342 g/mol. The van der Waals surface area contributed by atoms with Crippen LogP contribution in [0.15, 0.2) is 84.9 Å². The van der Waals surface area contributed by atoms with Crippen LogP contribution in [0.1, 0.15) is 27.0 Å². The van der Waals surface area contributed by atoms with E-state index in [-0.39, 0.29) is 5.78 Å². The normalized spacial score (nSPS) is 10.3. The topological polar surface area (TPSA) is 17.1 Å². The van der Waals surface area contributed by atoms with Crippen LogP contribution in [0.3, 0.4) is 0 Å². The van der Waals surface area contributed by atoms with Crippen molar-refractivity contribution in [1.82, 2.24) is 0 Å². The maximum Gasteiger partial charge on any atom is 0.187 e. The predicted molar refractivity (Wildman–Crippen MR) is 104 cm³/mol.